The van der Waals surface area contributed by atoms with Crippen LogP contribution < -0.4 is 14.5 Å². The average molecular weight is 315 g/mol. The summed E-state index contributed by atoms with van der Waals surface area (Å²) in [4.78, 5) is 27.5. The molecule has 23 heavy (non-hydrogen) atoms. The standard InChI is InChI=1S/C15H17N5O3/c1-23-11-2-3-16-13(8-11)19-4-6-20(7-5-19)14-10-17-12(9-18-14)15(21)22/h2-3,8-10H,4-7H2,1H3,(H,21,22). The van der Waals surface area contributed by atoms with Crippen molar-refractivity contribution in [2.24, 2.45) is 0 Å². The SMILES string of the molecule is COc1ccnc(N2CCN(c3cnc(C(=O)O)cn3)CC2)c1. The van der Waals surface area contributed by atoms with Gasteiger partial charge in [-0.3, -0.25) is 0 Å². The molecule has 0 aliphatic carbocycles. The summed E-state index contributed by atoms with van der Waals surface area (Å²) in [5.41, 5.74) is -0.0482. The van der Waals surface area contributed by atoms with Gasteiger partial charge >= 0.3 is 5.97 Å². The molecule has 1 N–H and O–H groups in total. The van der Waals surface area contributed by atoms with Crippen molar-refractivity contribution in [2.45, 2.75) is 0 Å². The highest BCUT2D eigenvalue weighted by atomic mass is 16.5. The van der Waals surface area contributed by atoms with E-state index in [1.807, 2.05) is 12.1 Å². The van der Waals surface area contributed by atoms with Gasteiger partial charge in [0.1, 0.15) is 17.4 Å². The van der Waals surface area contributed by atoms with Gasteiger partial charge < -0.3 is 19.6 Å². The van der Waals surface area contributed by atoms with Crippen molar-refractivity contribution in [1.82, 2.24) is 15.0 Å². The number of ether oxygens (including phenoxy) is 1. The van der Waals surface area contributed by atoms with Crippen LogP contribution in [0.25, 0.3) is 0 Å². The van der Waals surface area contributed by atoms with E-state index in [2.05, 4.69) is 24.8 Å². The first kappa shape index (κ1) is 15.0. The van der Waals surface area contributed by atoms with Gasteiger partial charge in [0.05, 0.1) is 19.5 Å². The minimum atomic E-state index is -1.07. The molecule has 0 amide bonds. The Morgan fingerprint density at radius 2 is 1.78 bits per heavy atom. The quantitative estimate of drug-likeness (QED) is 0.890. The van der Waals surface area contributed by atoms with Gasteiger partial charge in [-0.15, -0.1) is 0 Å². The highest BCUT2D eigenvalue weighted by Crippen LogP contribution is 2.20. The van der Waals surface area contributed by atoms with Crippen LogP contribution in [0, 0.1) is 0 Å². The van der Waals surface area contributed by atoms with Crippen LogP contribution >= 0.6 is 0 Å². The Hall–Kier alpha value is -2.90. The number of rotatable bonds is 4. The van der Waals surface area contributed by atoms with Gasteiger partial charge in [-0.1, -0.05) is 0 Å². The summed E-state index contributed by atoms with van der Waals surface area (Å²) in [5, 5.41) is 8.85. The second kappa shape index (κ2) is 6.47. The number of aromatic carboxylic acids is 1. The van der Waals surface area contributed by atoms with Crippen molar-refractivity contribution in [3.63, 3.8) is 0 Å². The molecule has 0 bridgehead atoms. The molecule has 2 aromatic rings. The number of hydrogen-bond donors (Lipinski definition) is 1. The minimum absolute atomic E-state index is 0.0482. The second-order valence-corrected chi connectivity index (χ2v) is 5.09. The number of piperazine rings is 1. The fourth-order valence-corrected chi connectivity index (χ4v) is 2.46. The van der Waals surface area contributed by atoms with E-state index in [1.54, 1.807) is 13.3 Å². The Kier molecular flexibility index (Phi) is 4.22. The van der Waals surface area contributed by atoms with Gasteiger partial charge in [0.25, 0.3) is 0 Å². The highest BCUT2D eigenvalue weighted by Gasteiger charge is 2.20. The third kappa shape index (κ3) is 3.31. The molecule has 120 valence electrons. The van der Waals surface area contributed by atoms with Crippen LogP contribution in [0.15, 0.2) is 30.7 Å². The van der Waals surface area contributed by atoms with E-state index >= 15 is 0 Å². The molecule has 1 aliphatic heterocycles. The minimum Gasteiger partial charge on any atom is -0.497 e. The smallest absolute Gasteiger partial charge is 0.356 e. The normalized spacial score (nSPS) is 14.7. The average Bonchev–Trinajstić information content (AvgIpc) is 2.62. The lowest BCUT2D eigenvalue weighted by molar-refractivity contribution is 0.0690. The molecule has 1 aliphatic rings. The summed E-state index contributed by atoms with van der Waals surface area (Å²) in [6.07, 6.45) is 4.52. The number of methoxy groups -OCH3 is 1. The number of nitrogens with zero attached hydrogens (tertiary/aromatic N) is 5. The lowest BCUT2D eigenvalue weighted by Gasteiger charge is -2.35. The predicted octanol–water partition coefficient (Wildman–Crippen LogP) is 0.905. The molecular formula is C15H17N5O3. The maximum atomic E-state index is 10.8. The number of carbonyl (C=O) groups is 1. The first-order valence-corrected chi connectivity index (χ1v) is 7.22. The number of carboxylic acids is 1. The number of anilines is 2. The summed E-state index contributed by atoms with van der Waals surface area (Å²) >= 11 is 0. The molecule has 8 nitrogen and oxygen atoms in total. The van der Waals surface area contributed by atoms with Gasteiger partial charge in [0.15, 0.2) is 5.69 Å². The van der Waals surface area contributed by atoms with Crippen LogP contribution in [-0.4, -0.2) is 59.3 Å². The zero-order valence-electron chi connectivity index (χ0n) is 12.7. The highest BCUT2D eigenvalue weighted by molar-refractivity contribution is 5.84. The zero-order valence-corrected chi connectivity index (χ0v) is 12.7. The maximum Gasteiger partial charge on any atom is 0.356 e. The molecule has 0 aromatic carbocycles. The number of pyridine rings is 1. The van der Waals surface area contributed by atoms with E-state index in [0.29, 0.717) is 5.82 Å². The van der Waals surface area contributed by atoms with Gasteiger partial charge in [-0.05, 0) is 6.07 Å². The summed E-state index contributed by atoms with van der Waals surface area (Å²) in [5.74, 6) is 1.29. The first-order valence-electron chi connectivity index (χ1n) is 7.22. The Balaban J connectivity index is 1.64. The summed E-state index contributed by atoms with van der Waals surface area (Å²) in [6.45, 7) is 3.12. The fourth-order valence-electron chi connectivity index (χ4n) is 2.46. The van der Waals surface area contributed by atoms with Crippen LogP contribution in [-0.2, 0) is 0 Å². The maximum absolute atomic E-state index is 10.8. The molecule has 0 atom stereocenters. The van der Waals surface area contributed by atoms with Crippen molar-refractivity contribution in [2.75, 3.05) is 43.1 Å². The molecular weight excluding hydrogens is 298 g/mol. The Morgan fingerprint density at radius 1 is 1.09 bits per heavy atom. The molecule has 0 spiro atoms. The molecule has 1 fully saturated rings. The second-order valence-electron chi connectivity index (χ2n) is 5.09. The summed E-state index contributed by atoms with van der Waals surface area (Å²) in [6, 6.07) is 3.73. The van der Waals surface area contributed by atoms with Crippen molar-refractivity contribution < 1.29 is 14.6 Å². The largest absolute Gasteiger partial charge is 0.497 e. The van der Waals surface area contributed by atoms with Gasteiger partial charge in [-0.25, -0.2) is 19.7 Å². The molecule has 1 saturated heterocycles. The molecule has 0 unspecified atom stereocenters. The van der Waals surface area contributed by atoms with Crippen LogP contribution in [0.4, 0.5) is 11.6 Å². The van der Waals surface area contributed by atoms with Crippen LogP contribution in [0.1, 0.15) is 10.5 Å². The number of hydrogen-bond acceptors (Lipinski definition) is 7. The number of carboxylic acid groups (broad SMARTS) is 1. The van der Waals surface area contributed by atoms with Gasteiger partial charge in [0, 0.05) is 38.4 Å². The Morgan fingerprint density at radius 3 is 2.35 bits per heavy atom. The third-order valence-electron chi connectivity index (χ3n) is 3.74. The van der Waals surface area contributed by atoms with Crippen LogP contribution in [0.2, 0.25) is 0 Å². The third-order valence-corrected chi connectivity index (χ3v) is 3.74. The van der Waals surface area contributed by atoms with E-state index in [9.17, 15) is 4.79 Å². The van der Waals surface area contributed by atoms with E-state index in [0.717, 1.165) is 37.7 Å². The lowest BCUT2D eigenvalue weighted by Crippen LogP contribution is -2.47. The Bertz CT molecular complexity index is 684. The van der Waals surface area contributed by atoms with E-state index < -0.39 is 5.97 Å². The topological polar surface area (TPSA) is 91.7 Å². The lowest BCUT2D eigenvalue weighted by atomic mass is 10.3. The predicted molar refractivity (Wildman–Crippen MR) is 84.2 cm³/mol. The van der Waals surface area contributed by atoms with Crippen molar-refractivity contribution in [3.8, 4) is 5.75 Å². The van der Waals surface area contributed by atoms with E-state index in [4.69, 9.17) is 9.84 Å². The van der Waals surface area contributed by atoms with Crippen LogP contribution in [0.5, 0.6) is 5.75 Å². The first-order chi connectivity index (χ1) is 11.2. The van der Waals surface area contributed by atoms with E-state index in [-0.39, 0.29) is 5.69 Å². The molecule has 0 radical (unpaired) electrons. The van der Waals surface area contributed by atoms with Gasteiger partial charge in [0.2, 0.25) is 0 Å². The van der Waals surface area contributed by atoms with Gasteiger partial charge in [-0.2, -0.15) is 0 Å². The monoisotopic (exact) mass is 315 g/mol. The van der Waals surface area contributed by atoms with Crippen molar-refractivity contribution in [3.05, 3.63) is 36.4 Å². The molecule has 8 heteroatoms. The van der Waals surface area contributed by atoms with Crippen molar-refractivity contribution in [1.29, 1.82) is 0 Å². The fraction of sp³-hybridized carbons (Fsp3) is 0.333. The Labute approximate surface area is 133 Å². The van der Waals surface area contributed by atoms with Crippen molar-refractivity contribution >= 4 is 17.6 Å². The van der Waals surface area contributed by atoms with Crippen LogP contribution in [0.3, 0.4) is 0 Å². The molecule has 3 rings (SSSR count). The number of aromatic nitrogens is 3. The molecule has 0 saturated carbocycles. The molecule has 2 aromatic heterocycles. The summed E-state index contributed by atoms with van der Waals surface area (Å²) in [7, 11) is 1.64. The molecule has 3 heterocycles. The zero-order chi connectivity index (χ0) is 16.2. The van der Waals surface area contributed by atoms with E-state index in [1.165, 1.54) is 12.4 Å². The summed E-state index contributed by atoms with van der Waals surface area (Å²) < 4.78 is 5.22.